The predicted octanol–water partition coefficient (Wildman–Crippen LogP) is 3.09. The number of phenols is 1. The van der Waals surface area contributed by atoms with E-state index in [2.05, 4.69) is 20.6 Å². The first-order valence-corrected chi connectivity index (χ1v) is 10.3. The van der Waals surface area contributed by atoms with E-state index < -0.39 is 23.3 Å². The van der Waals surface area contributed by atoms with E-state index in [-0.39, 0.29) is 5.69 Å². The van der Waals surface area contributed by atoms with Crippen LogP contribution in [-0.4, -0.2) is 53.5 Å². The number of hydrogen-bond acceptors (Lipinski definition) is 8. The summed E-state index contributed by atoms with van der Waals surface area (Å²) in [6.07, 6.45) is 1.40. The number of aromatic hydroxyl groups is 1. The zero-order valence-electron chi connectivity index (χ0n) is 17.6. The molecule has 0 atom stereocenters. The number of nitrogens with zero attached hydrogens (tertiary/aromatic N) is 3. The number of amides is 1. The van der Waals surface area contributed by atoms with Gasteiger partial charge in [0.25, 0.3) is 0 Å². The number of methoxy groups -OCH3 is 1. The zero-order chi connectivity index (χ0) is 22.5. The topological polar surface area (TPSA) is 109 Å². The average molecular weight is 439 g/mol. The number of aryl methyl sites for hydroxylation is 1. The van der Waals surface area contributed by atoms with Gasteiger partial charge in [0.05, 0.1) is 30.5 Å². The molecule has 32 heavy (non-hydrogen) atoms. The number of aromatic nitrogens is 2. The van der Waals surface area contributed by atoms with Crippen molar-refractivity contribution in [2.24, 2.45) is 0 Å². The minimum absolute atomic E-state index is 0.0807. The van der Waals surface area contributed by atoms with Crippen LogP contribution < -0.4 is 20.3 Å². The van der Waals surface area contributed by atoms with Crippen LogP contribution >= 0.6 is 0 Å². The fourth-order valence-electron chi connectivity index (χ4n) is 4.06. The molecule has 5 rings (SSSR count). The second-order valence-corrected chi connectivity index (χ2v) is 7.92. The molecular weight excluding hydrogens is 417 g/mol. The van der Waals surface area contributed by atoms with Crippen molar-refractivity contribution in [2.75, 3.05) is 37.0 Å². The quantitative estimate of drug-likeness (QED) is 0.557. The van der Waals surface area contributed by atoms with Crippen molar-refractivity contribution in [3.8, 4) is 11.5 Å². The maximum Gasteiger partial charge on any atom is 0.415 e. The molecule has 0 aliphatic carbocycles. The van der Waals surface area contributed by atoms with E-state index in [0.29, 0.717) is 59.8 Å². The van der Waals surface area contributed by atoms with E-state index in [1.54, 1.807) is 24.3 Å². The van der Waals surface area contributed by atoms with Crippen molar-refractivity contribution in [3.05, 3.63) is 42.0 Å². The Bertz CT molecular complexity index is 1230. The molecule has 0 unspecified atom stereocenters. The van der Waals surface area contributed by atoms with Crippen LogP contribution in [0.5, 0.6) is 11.5 Å². The van der Waals surface area contributed by atoms with Gasteiger partial charge in [0.1, 0.15) is 17.9 Å². The van der Waals surface area contributed by atoms with Crippen molar-refractivity contribution in [3.63, 3.8) is 0 Å². The molecule has 2 fully saturated rings. The first kappa shape index (κ1) is 20.3. The number of ether oxygens (including phenoxy) is 2. The summed E-state index contributed by atoms with van der Waals surface area (Å²) in [5, 5.41) is 16.7. The lowest BCUT2D eigenvalue weighted by Gasteiger charge is -2.36. The SMILES string of the molecule is CCc1ccc(Nc2ncnc3cc(OC)c(N4CC5(CNC5)OC4=O)cc23)c(F)c1O. The van der Waals surface area contributed by atoms with E-state index in [1.807, 2.05) is 6.92 Å². The number of halogens is 1. The summed E-state index contributed by atoms with van der Waals surface area (Å²) in [6.45, 7) is 3.41. The highest BCUT2D eigenvalue weighted by molar-refractivity contribution is 6.00. The fraction of sp³-hybridized carbons (Fsp3) is 0.318. The number of fused-ring (bicyclic) bond motifs is 1. The number of rotatable bonds is 5. The van der Waals surface area contributed by atoms with Gasteiger partial charge in [-0.2, -0.15) is 0 Å². The van der Waals surface area contributed by atoms with Gasteiger partial charge in [-0.15, -0.1) is 0 Å². The summed E-state index contributed by atoms with van der Waals surface area (Å²) in [6, 6.07) is 6.63. The van der Waals surface area contributed by atoms with Gasteiger partial charge in [-0.05, 0) is 24.1 Å². The average Bonchev–Trinajstić information content (AvgIpc) is 3.14. The predicted molar refractivity (Wildman–Crippen MR) is 116 cm³/mol. The smallest absolute Gasteiger partial charge is 0.415 e. The summed E-state index contributed by atoms with van der Waals surface area (Å²) >= 11 is 0. The lowest BCUT2D eigenvalue weighted by atomic mass is 9.97. The van der Waals surface area contributed by atoms with Gasteiger partial charge in [-0.1, -0.05) is 13.0 Å². The Morgan fingerprint density at radius 1 is 1.34 bits per heavy atom. The number of carbonyl (C=O) groups excluding carboxylic acids is 1. The minimum Gasteiger partial charge on any atom is -0.505 e. The first-order chi connectivity index (χ1) is 15.4. The highest BCUT2D eigenvalue weighted by Crippen LogP contribution is 2.40. The van der Waals surface area contributed by atoms with Gasteiger partial charge < -0.3 is 25.2 Å². The summed E-state index contributed by atoms with van der Waals surface area (Å²) in [7, 11) is 1.51. The molecule has 3 aromatic rings. The third-order valence-corrected chi connectivity index (χ3v) is 5.93. The van der Waals surface area contributed by atoms with Crippen LogP contribution in [0.15, 0.2) is 30.6 Å². The largest absolute Gasteiger partial charge is 0.505 e. The van der Waals surface area contributed by atoms with E-state index in [9.17, 15) is 14.3 Å². The number of phenolic OH excluding ortho intramolecular Hbond substituents is 1. The lowest BCUT2D eigenvalue weighted by Crippen LogP contribution is -2.61. The van der Waals surface area contributed by atoms with Crippen LogP contribution in [0.2, 0.25) is 0 Å². The minimum atomic E-state index is -0.757. The molecule has 2 aliphatic heterocycles. The first-order valence-electron chi connectivity index (χ1n) is 10.3. The van der Waals surface area contributed by atoms with Crippen LogP contribution in [0.25, 0.3) is 10.9 Å². The Kier molecular flexibility index (Phi) is 4.74. The van der Waals surface area contributed by atoms with Crippen LogP contribution in [0, 0.1) is 5.82 Å². The van der Waals surface area contributed by atoms with Gasteiger partial charge in [-0.3, -0.25) is 4.90 Å². The molecule has 10 heteroatoms. The molecule has 1 aromatic heterocycles. The lowest BCUT2D eigenvalue weighted by molar-refractivity contribution is 0.0142. The molecule has 2 aromatic carbocycles. The maximum absolute atomic E-state index is 14.7. The molecule has 9 nitrogen and oxygen atoms in total. The van der Waals surface area contributed by atoms with Gasteiger partial charge in [0.15, 0.2) is 17.2 Å². The number of carbonyl (C=O) groups is 1. The summed E-state index contributed by atoms with van der Waals surface area (Å²) in [5.41, 5.74) is 1.12. The number of benzene rings is 2. The van der Waals surface area contributed by atoms with Crippen LogP contribution in [0.1, 0.15) is 12.5 Å². The Morgan fingerprint density at radius 2 is 2.16 bits per heavy atom. The van der Waals surface area contributed by atoms with E-state index >= 15 is 0 Å². The second-order valence-electron chi connectivity index (χ2n) is 7.92. The van der Waals surface area contributed by atoms with E-state index in [1.165, 1.54) is 18.3 Å². The molecule has 0 saturated carbocycles. The van der Waals surface area contributed by atoms with Crippen molar-refractivity contribution in [2.45, 2.75) is 18.9 Å². The number of hydrogen-bond donors (Lipinski definition) is 3. The van der Waals surface area contributed by atoms with Crippen LogP contribution in [0.4, 0.5) is 26.4 Å². The molecule has 2 saturated heterocycles. The van der Waals surface area contributed by atoms with E-state index in [0.717, 1.165) is 0 Å². The Balaban J connectivity index is 1.57. The third kappa shape index (κ3) is 3.14. The fourth-order valence-corrected chi connectivity index (χ4v) is 4.06. The summed E-state index contributed by atoms with van der Waals surface area (Å²) in [5.74, 6) is -0.363. The highest BCUT2D eigenvalue weighted by Gasteiger charge is 2.50. The van der Waals surface area contributed by atoms with E-state index in [4.69, 9.17) is 9.47 Å². The molecule has 1 amide bonds. The second kappa shape index (κ2) is 7.49. The van der Waals surface area contributed by atoms with Crippen LogP contribution in [-0.2, 0) is 11.2 Å². The summed E-state index contributed by atoms with van der Waals surface area (Å²) < 4.78 is 25.8. The monoisotopic (exact) mass is 439 g/mol. The van der Waals surface area contributed by atoms with Crippen LogP contribution in [0.3, 0.4) is 0 Å². The number of anilines is 3. The Labute approximate surface area is 183 Å². The van der Waals surface area contributed by atoms with Crippen molar-refractivity contribution >= 4 is 34.2 Å². The molecule has 2 aliphatic rings. The number of nitrogens with one attached hydrogen (secondary N) is 2. The zero-order valence-corrected chi connectivity index (χ0v) is 17.6. The van der Waals surface area contributed by atoms with Crippen molar-refractivity contribution in [1.29, 1.82) is 0 Å². The summed E-state index contributed by atoms with van der Waals surface area (Å²) in [4.78, 5) is 22.7. The maximum atomic E-state index is 14.7. The Hall–Kier alpha value is -3.66. The third-order valence-electron chi connectivity index (χ3n) is 5.93. The van der Waals surface area contributed by atoms with Gasteiger partial charge in [0, 0.05) is 24.5 Å². The van der Waals surface area contributed by atoms with Gasteiger partial charge >= 0.3 is 6.09 Å². The standard InChI is InChI=1S/C22H22FN5O4/c1-3-12-4-5-14(18(23)19(12)29)27-20-13-6-16(17(31-2)7-15(13)25-11-26-20)28-10-22(8-24-9-22)32-21(28)30/h4-7,11,24,29H,3,8-10H2,1-2H3,(H,25,26,27). The molecular formula is C22H22FN5O4. The normalized spacial score (nSPS) is 16.8. The molecule has 0 radical (unpaired) electrons. The highest BCUT2D eigenvalue weighted by atomic mass is 19.1. The molecule has 166 valence electrons. The molecule has 3 heterocycles. The molecule has 0 bridgehead atoms. The Morgan fingerprint density at radius 3 is 2.81 bits per heavy atom. The van der Waals surface area contributed by atoms with Gasteiger partial charge in [-0.25, -0.2) is 19.2 Å². The molecule has 1 spiro atoms. The van der Waals surface area contributed by atoms with Crippen molar-refractivity contribution in [1.82, 2.24) is 15.3 Å². The van der Waals surface area contributed by atoms with Crippen molar-refractivity contribution < 1.29 is 23.8 Å². The molecule has 3 N–H and O–H groups in total. The van der Waals surface area contributed by atoms with Gasteiger partial charge in [0.2, 0.25) is 0 Å².